The molecule has 0 saturated heterocycles. The highest BCUT2D eigenvalue weighted by Crippen LogP contribution is 2.19. The normalized spacial score (nSPS) is 21.0. The second-order valence-corrected chi connectivity index (χ2v) is 5.26. The predicted octanol–water partition coefficient (Wildman–Crippen LogP) is 1.11. The maximum absolute atomic E-state index is 11.9. The Kier molecular flexibility index (Phi) is 5.52. The largest absolute Gasteiger partial charge is 0.393 e. The van der Waals surface area contributed by atoms with Gasteiger partial charge in [0.25, 0.3) is 5.56 Å². The number of aliphatic hydroxyl groups is 1. The van der Waals surface area contributed by atoms with Crippen molar-refractivity contribution >= 4 is 0 Å². The molecule has 21 heavy (non-hydrogen) atoms. The SMILES string of the molecule is CCCCCCc1cn([C@H]2C=C[C@@H](CO)O2)c(=O)[nH]c1=O. The highest BCUT2D eigenvalue weighted by atomic mass is 16.5. The molecule has 0 spiro atoms. The molecule has 0 aliphatic carbocycles. The van der Waals surface area contributed by atoms with E-state index in [1.807, 2.05) is 0 Å². The van der Waals surface area contributed by atoms with Crippen LogP contribution in [-0.2, 0) is 11.2 Å². The number of aromatic nitrogens is 2. The van der Waals surface area contributed by atoms with Crippen LogP contribution in [0.15, 0.2) is 27.9 Å². The summed E-state index contributed by atoms with van der Waals surface area (Å²) < 4.78 is 6.86. The van der Waals surface area contributed by atoms with Gasteiger partial charge < -0.3 is 9.84 Å². The van der Waals surface area contributed by atoms with Crippen LogP contribution in [0.25, 0.3) is 0 Å². The monoisotopic (exact) mass is 294 g/mol. The fourth-order valence-electron chi connectivity index (χ4n) is 2.39. The Bertz CT molecular complexity index is 602. The molecule has 0 aromatic carbocycles. The number of aryl methyl sites for hydroxylation is 1. The maximum Gasteiger partial charge on any atom is 0.330 e. The molecule has 1 aliphatic heterocycles. The van der Waals surface area contributed by atoms with E-state index in [-0.39, 0.29) is 12.2 Å². The number of aromatic amines is 1. The van der Waals surface area contributed by atoms with E-state index in [1.54, 1.807) is 18.3 Å². The van der Waals surface area contributed by atoms with Gasteiger partial charge in [0, 0.05) is 11.8 Å². The molecule has 116 valence electrons. The molecule has 0 fully saturated rings. The van der Waals surface area contributed by atoms with Crippen LogP contribution in [0.1, 0.15) is 44.4 Å². The maximum atomic E-state index is 11.9. The quantitative estimate of drug-likeness (QED) is 0.583. The fraction of sp³-hybridized carbons (Fsp3) is 0.600. The van der Waals surface area contributed by atoms with Crippen LogP contribution >= 0.6 is 0 Å². The lowest BCUT2D eigenvalue weighted by Crippen LogP contribution is -2.34. The first-order valence-corrected chi connectivity index (χ1v) is 7.44. The van der Waals surface area contributed by atoms with Gasteiger partial charge in [-0.15, -0.1) is 0 Å². The fourth-order valence-corrected chi connectivity index (χ4v) is 2.39. The third-order valence-electron chi connectivity index (χ3n) is 3.60. The summed E-state index contributed by atoms with van der Waals surface area (Å²) in [4.78, 5) is 26.0. The average Bonchev–Trinajstić information content (AvgIpc) is 2.94. The highest BCUT2D eigenvalue weighted by Gasteiger charge is 2.21. The minimum atomic E-state index is -0.569. The summed E-state index contributed by atoms with van der Waals surface area (Å²) in [5, 5.41) is 9.04. The minimum Gasteiger partial charge on any atom is -0.393 e. The van der Waals surface area contributed by atoms with Crippen LogP contribution in [0.4, 0.5) is 0 Å². The van der Waals surface area contributed by atoms with Gasteiger partial charge in [-0.25, -0.2) is 4.79 Å². The first-order chi connectivity index (χ1) is 10.2. The Morgan fingerprint density at radius 2 is 2.10 bits per heavy atom. The van der Waals surface area contributed by atoms with Gasteiger partial charge in [0.05, 0.1) is 6.61 Å². The van der Waals surface area contributed by atoms with Crippen LogP contribution in [0.2, 0.25) is 0 Å². The van der Waals surface area contributed by atoms with Gasteiger partial charge in [-0.1, -0.05) is 32.3 Å². The van der Waals surface area contributed by atoms with E-state index in [9.17, 15) is 9.59 Å². The van der Waals surface area contributed by atoms with E-state index in [4.69, 9.17) is 9.84 Å². The molecule has 2 rings (SSSR count). The first kappa shape index (κ1) is 15.7. The standard InChI is InChI=1S/C15H22N2O4/c1-2-3-4-5-6-11-9-17(15(20)16-14(11)19)13-8-7-12(10-18)21-13/h7-9,12-13,18H,2-6,10H2,1H3,(H,16,19,20)/t12-,13+/m0/s1. The molecule has 2 N–H and O–H groups in total. The van der Waals surface area contributed by atoms with Crippen molar-refractivity contribution < 1.29 is 9.84 Å². The number of unbranched alkanes of at least 4 members (excludes halogenated alkanes) is 3. The average molecular weight is 294 g/mol. The molecule has 1 aromatic rings. The van der Waals surface area contributed by atoms with E-state index in [2.05, 4.69) is 11.9 Å². The Balaban J connectivity index is 2.13. The molecular formula is C15H22N2O4. The lowest BCUT2D eigenvalue weighted by molar-refractivity contribution is -0.0104. The van der Waals surface area contributed by atoms with Crippen LogP contribution < -0.4 is 11.2 Å². The van der Waals surface area contributed by atoms with Gasteiger partial charge in [-0.3, -0.25) is 14.3 Å². The molecule has 0 radical (unpaired) electrons. The number of nitrogens with zero attached hydrogens (tertiary/aromatic N) is 1. The van der Waals surface area contributed by atoms with Crippen molar-refractivity contribution in [3.8, 4) is 0 Å². The van der Waals surface area contributed by atoms with Gasteiger partial charge in [0.1, 0.15) is 6.10 Å². The van der Waals surface area contributed by atoms with E-state index in [0.717, 1.165) is 25.7 Å². The molecule has 1 aromatic heterocycles. The Morgan fingerprint density at radius 3 is 2.76 bits per heavy atom. The number of aliphatic hydroxyl groups excluding tert-OH is 1. The third kappa shape index (κ3) is 3.92. The summed E-state index contributed by atoms with van der Waals surface area (Å²) in [6.45, 7) is 2.00. The zero-order valence-electron chi connectivity index (χ0n) is 12.2. The van der Waals surface area contributed by atoms with Crippen molar-refractivity contribution in [1.82, 2.24) is 9.55 Å². The molecular weight excluding hydrogens is 272 g/mol. The molecule has 2 heterocycles. The number of hydrogen-bond acceptors (Lipinski definition) is 4. The van der Waals surface area contributed by atoms with Crippen LogP contribution in [0.3, 0.4) is 0 Å². The van der Waals surface area contributed by atoms with Gasteiger partial charge in [0.15, 0.2) is 6.23 Å². The van der Waals surface area contributed by atoms with Crippen LogP contribution in [0, 0.1) is 0 Å². The molecule has 2 atom stereocenters. The molecule has 0 unspecified atom stereocenters. The van der Waals surface area contributed by atoms with E-state index in [1.165, 1.54) is 4.57 Å². The van der Waals surface area contributed by atoms with Crippen molar-refractivity contribution in [1.29, 1.82) is 0 Å². The number of H-pyrrole nitrogens is 1. The van der Waals surface area contributed by atoms with Gasteiger partial charge in [0.2, 0.25) is 0 Å². The molecule has 6 nitrogen and oxygen atoms in total. The van der Waals surface area contributed by atoms with E-state index < -0.39 is 18.0 Å². The Morgan fingerprint density at radius 1 is 1.29 bits per heavy atom. The summed E-state index contributed by atoms with van der Waals surface area (Å²) in [5.41, 5.74) is -0.228. The van der Waals surface area contributed by atoms with Crippen LogP contribution in [-0.4, -0.2) is 27.4 Å². The molecule has 1 aliphatic rings. The van der Waals surface area contributed by atoms with Crippen molar-refractivity contribution in [3.05, 3.63) is 44.8 Å². The second kappa shape index (κ2) is 7.38. The smallest absolute Gasteiger partial charge is 0.330 e. The van der Waals surface area contributed by atoms with Crippen molar-refractivity contribution in [2.24, 2.45) is 0 Å². The lowest BCUT2D eigenvalue weighted by atomic mass is 10.1. The van der Waals surface area contributed by atoms with Gasteiger partial charge in [-0.2, -0.15) is 0 Å². The number of hydrogen-bond donors (Lipinski definition) is 2. The summed E-state index contributed by atoms with van der Waals surface area (Å²) >= 11 is 0. The molecule has 0 saturated carbocycles. The van der Waals surface area contributed by atoms with Gasteiger partial charge >= 0.3 is 5.69 Å². The molecule has 6 heteroatoms. The van der Waals surface area contributed by atoms with E-state index in [0.29, 0.717) is 12.0 Å². The lowest BCUT2D eigenvalue weighted by Gasteiger charge is -2.15. The Labute approximate surface area is 123 Å². The summed E-state index contributed by atoms with van der Waals surface area (Å²) in [6, 6.07) is 0. The zero-order chi connectivity index (χ0) is 15.2. The number of rotatable bonds is 7. The minimum absolute atomic E-state index is 0.130. The summed E-state index contributed by atoms with van der Waals surface area (Å²) in [6.07, 6.45) is 8.95. The number of ether oxygens (including phenoxy) is 1. The van der Waals surface area contributed by atoms with Crippen molar-refractivity contribution in [3.63, 3.8) is 0 Å². The third-order valence-corrected chi connectivity index (χ3v) is 3.60. The zero-order valence-corrected chi connectivity index (χ0v) is 12.2. The Hall–Kier alpha value is -1.66. The highest BCUT2D eigenvalue weighted by molar-refractivity contribution is 5.08. The number of nitrogens with one attached hydrogen (secondary N) is 1. The molecule has 0 bridgehead atoms. The molecule has 0 amide bonds. The van der Waals surface area contributed by atoms with Crippen LogP contribution in [0.5, 0.6) is 0 Å². The van der Waals surface area contributed by atoms with Crippen molar-refractivity contribution in [2.45, 2.75) is 51.4 Å². The summed E-state index contributed by atoms with van der Waals surface area (Å²) in [7, 11) is 0. The summed E-state index contributed by atoms with van der Waals surface area (Å²) in [5.74, 6) is 0. The predicted molar refractivity (Wildman–Crippen MR) is 79.3 cm³/mol. The van der Waals surface area contributed by atoms with Gasteiger partial charge in [-0.05, 0) is 18.9 Å². The second-order valence-electron chi connectivity index (χ2n) is 5.26. The van der Waals surface area contributed by atoms with E-state index >= 15 is 0 Å². The van der Waals surface area contributed by atoms with Crippen molar-refractivity contribution in [2.75, 3.05) is 6.61 Å². The topological polar surface area (TPSA) is 84.3 Å². The first-order valence-electron chi connectivity index (χ1n) is 7.44.